The summed E-state index contributed by atoms with van der Waals surface area (Å²) in [5.41, 5.74) is -0.868. The lowest BCUT2D eigenvalue weighted by Crippen LogP contribution is -2.57. The van der Waals surface area contributed by atoms with Gasteiger partial charge in [0.05, 0.1) is 5.54 Å². The largest absolute Gasteiger partial charge is 0.444 e. The first kappa shape index (κ1) is 27.2. The van der Waals surface area contributed by atoms with E-state index in [1.54, 1.807) is 7.05 Å². The van der Waals surface area contributed by atoms with Gasteiger partial charge in [-0.25, -0.2) is 4.79 Å². The molecule has 28 heavy (non-hydrogen) atoms. The van der Waals surface area contributed by atoms with Crippen molar-refractivity contribution in [1.82, 2.24) is 20.9 Å². The van der Waals surface area contributed by atoms with Crippen LogP contribution in [0.5, 0.6) is 0 Å². The summed E-state index contributed by atoms with van der Waals surface area (Å²) in [6.07, 6.45) is 5.00. The fourth-order valence-electron chi connectivity index (χ4n) is 3.23. The minimum absolute atomic E-state index is 0. The number of aliphatic imine (C=N–C) groups is 1. The van der Waals surface area contributed by atoms with Crippen LogP contribution >= 0.6 is 24.0 Å². The summed E-state index contributed by atoms with van der Waals surface area (Å²) in [4.78, 5) is 19.1. The number of carbonyl (C=O) groups is 1. The summed E-state index contributed by atoms with van der Waals surface area (Å²) >= 11 is 0. The average molecular weight is 511 g/mol. The molecule has 0 saturated carbocycles. The highest BCUT2D eigenvalue weighted by Gasteiger charge is 2.30. The zero-order valence-electron chi connectivity index (χ0n) is 18.7. The molecule has 0 aromatic heterocycles. The lowest BCUT2D eigenvalue weighted by Gasteiger charge is -2.34. The number of carbonyl (C=O) groups excluding carboxylic acids is 1. The van der Waals surface area contributed by atoms with Crippen molar-refractivity contribution in [3.05, 3.63) is 0 Å². The van der Waals surface area contributed by atoms with Gasteiger partial charge in [0.2, 0.25) is 0 Å². The van der Waals surface area contributed by atoms with Crippen LogP contribution in [0.4, 0.5) is 4.79 Å². The number of ether oxygens (including phenoxy) is 1. The molecule has 8 heteroatoms. The van der Waals surface area contributed by atoms with Crippen LogP contribution in [0, 0.1) is 0 Å². The van der Waals surface area contributed by atoms with Crippen LogP contribution < -0.4 is 16.0 Å². The number of alkyl carbamates (subject to hydrolysis) is 1. The van der Waals surface area contributed by atoms with Gasteiger partial charge in [-0.15, -0.1) is 24.0 Å². The van der Waals surface area contributed by atoms with E-state index in [0.29, 0.717) is 6.54 Å². The number of halogens is 1. The van der Waals surface area contributed by atoms with E-state index in [1.807, 2.05) is 20.8 Å². The first-order valence-electron chi connectivity index (χ1n) is 10.4. The van der Waals surface area contributed by atoms with Crippen LogP contribution in [0.1, 0.15) is 66.7 Å². The Kier molecular flexibility index (Phi) is 13.1. The monoisotopic (exact) mass is 511 g/mol. The van der Waals surface area contributed by atoms with Gasteiger partial charge in [-0.3, -0.25) is 4.99 Å². The molecule has 0 atom stereocenters. The Bertz CT molecular complexity index is 470. The van der Waals surface area contributed by atoms with E-state index in [9.17, 15) is 4.79 Å². The Morgan fingerprint density at radius 3 is 2.21 bits per heavy atom. The Morgan fingerprint density at radius 1 is 1.11 bits per heavy atom. The predicted molar refractivity (Wildman–Crippen MR) is 128 cm³/mol. The number of amides is 1. The molecule has 1 heterocycles. The van der Waals surface area contributed by atoms with E-state index in [-0.39, 0.29) is 35.6 Å². The Morgan fingerprint density at radius 2 is 1.71 bits per heavy atom. The minimum atomic E-state index is -0.502. The molecule has 1 amide bonds. The molecule has 0 radical (unpaired) electrons. The van der Waals surface area contributed by atoms with Crippen LogP contribution in [0.2, 0.25) is 0 Å². The van der Waals surface area contributed by atoms with Crippen LogP contribution in [-0.4, -0.2) is 67.9 Å². The van der Waals surface area contributed by atoms with Gasteiger partial charge in [0.25, 0.3) is 0 Å². The van der Waals surface area contributed by atoms with Crippen LogP contribution in [-0.2, 0) is 4.74 Å². The Labute approximate surface area is 188 Å². The van der Waals surface area contributed by atoms with E-state index in [0.717, 1.165) is 38.3 Å². The van der Waals surface area contributed by atoms with Crippen LogP contribution in [0.15, 0.2) is 4.99 Å². The summed E-state index contributed by atoms with van der Waals surface area (Å²) in [5, 5.41) is 9.79. The molecule has 0 spiro atoms. The van der Waals surface area contributed by atoms with Crippen molar-refractivity contribution in [3.8, 4) is 0 Å². The molecular formula is C20H42IN5O2. The number of hydrogen-bond acceptors (Lipinski definition) is 4. The smallest absolute Gasteiger partial charge is 0.408 e. The van der Waals surface area contributed by atoms with Gasteiger partial charge < -0.3 is 25.6 Å². The molecule has 0 aromatic rings. The van der Waals surface area contributed by atoms with Gasteiger partial charge in [0.15, 0.2) is 5.96 Å². The number of rotatable bonds is 9. The predicted octanol–water partition coefficient (Wildman–Crippen LogP) is 3.34. The van der Waals surface area contributed by atoms with Crippen molar-refractivity contribution >= 4 is 36.0 Å². The van der Waals surface area contributed by atoms with Crippen molar-refractivity contribution in [3.63, 3.8) is 0 Å². The molecule has 0 aromatic carbocycles. The zero-order valence-corrected chi connectivity index (χ0v) is 21.0. The first-order chi connectivity index (χ1) is 12.7. The van der Waals surface area contributed by atoms with Crippen molar-refractivity contribution in [1.29, 1.82) is 0 Å². The molecule has 1 aliphatic rings. The molecular weight excluding hydrogens is 469 g/mol. The highest BCUT2D eigenvalue weighted by Crippen LogP contribution is 2.16. The Balaban J connectivity index is 0.00000729. The quantitative estimate of drug-likeness (QED) is 0.192. The van der Waals surface area contributed by atoms with E-state index in [2.05, 4.69) is 39.7 Å². The third kappa shape index (κ3) is 10.7. The molecule has 0 aliphatic carbocycles. The molecule has 0 bridgehead atoms. The normalized spacial score (nSPS) is 15.7. The highest BCUT2D eigenvalue weighted by atomic mass is 127. The third-order valence-corrected chi connectivity index (χ3v) is 5.08. The standard InChI is InChI=1S/C20H41N5O2.HI/c1-7-20(8-2,24-18(26)27-19(3,4)5)16-23-17(21-6)22-12-11-15-25-13-9-10-14-25;/h7-16H2,1-6H3,(H,24,26)(H2,21,22,23);1H. The van der Waals surface area contributed by atoms with Gasteiger partial charge in [0, 0.05) is 20.1 Å². The van der Waals surface area contributed by atoms with Gasteiger partial charge in [-0.1, -0.05) is 13.8 Å². The molecule has 0 unspecified atom stereocenters. The molecule has 3 N–H and O–H groups in total. The second-order valence-corrected chi connectivity index (χ2v) is 8.37. The van der Waals surface area contributed by atoms with Gasteiger partial charge in [-0.05, 0) is 72.5 Å². The maximum Gasteiger partial charge on any atom is 0.408 e. The summed E-state index contributed by atoms with van der Waals surface area (Å²) in [6, 6.07) is 0. The van der Waals surface area contributed by atoms with Crippen molar-refractivity contribution < 1.29 is 9.53 Å². The van der Waals surface area contributed by atoms with E-state index in [4.69, 9.17) is 4.74 Å². The molecule has 166 valence electrons. The molecule has 1 rings (SSSR count). The topological polar surface area (TPSA) is 78.0 Å². The average Bonchev–Trinajstić information content (AvgIpc) is 3.11. The maximum absolute atomic E-state index is 12.2. The fraction of sp³-hybridized carbons (Fsp3) is 0.900. The van der Waals surface area contributed by atoms with Crippen LogP contribution in [0.25, 0.3) is 0 Å². The summed E-state index contributed by atoms with van der Waals surface area (Å²) < 4.78 is 5.43. The number of likely N-dealkylation sites (tertiary alicyclic amines) is 1. The second kappa shape index (κ2) is 13.5. The number of nitrogens with zero attached hydrogens (tertiary/aromatic N) is 2. The molecule has 1 aliphatic heterocycles. The van der Waals surface area contributed by atoms with Gasteiger partial charge in [-0.2, -0.15) is 0 Å². The lowest BCUT2D eigenvalue weighted by molar-refractivity contribution is 0.0448. The Hall–Kier alpha value is -0.770. The minimum Gasteiger partial charge on any atom is -0.444 e. The van der Waals surface area contributed by atoms with E-state index < -0.39 is 5.60 Å². The molecule has 1 fully saturated rings. The number of nitrogens with one attached hydrogen (secondary N) is 3. The zero-order chi connectivity index (χ0) is 20.3. The molecule has 1 saturated heterocycles. The van der Waals surface area contributed by atoms with E-state index in [1.165, 1.54) is 25.9 Å². The number of hydrogen-bond donors (Lipinski definition) is 3. The maximum atomic E-state index is 12.2. The summed E-state index contributed by atoms with van der Waals surface area (Å²) in [6.45, 7) is 14.9. The van der Waals surface area contributed by atoms with Crippen molar-refractivity contribution in [2.75, 3.05) is 39.8 Å². The fourth-order valence-corrected chi connectivity index (χ4v) is 3.23. The summed E-state index contributed by atoms with van der Waals surface area (Å²) in [5.74, 6) is 0.772. The van der Waals surface area contributed by atoms with Crippen molar-refractivity contribution in [2.24, 2.45) is 4.99 Å². The summed E-state index contributed by atoms with van der Waals surface area (Å²) in [7, 11) is 1.77. The highest BCUT2D eigenvalue weighted by molar-refractivity contribution is 14.0. The SMILES string of the molecule is CCC(CC)(CNC(=NC)NCCCN1CCCC1)NC(=O)OC(C)(C)C.I. The molecule has 7 nitrogen and oxygen atoms in total. The van der Waals surface area contributed by atoms with E-state index >= 15 is 0 Å². The number of guanidine groups is 1. The van der Waals surface area contributed by atoms with Crippen LogP contribution in [0.3, 0.4) is 0 Å². The first-order valence-corrected chi connectivity index (χ1v) is 10.4. The second-order valence-electron chi connectivity index (χ2n) is 8.37. The van der Waals surface area contributed by atoms with Gasteiger partial charge in [0.1, 0.15) is 5.60 Å². The lowest BCUT2D eigenvalue weighted by atomic mass is 9.93. The van der Waals surface area contributed by atoms with Gasteiger partial charge >= 0.3 is 6.09 Å². The third-order valence-electron chi connectivity index (χ3n) is 5.08. The van der Waals surface area contributed by atoms with Crippen molar-refractivity contribution in [2.45, 2.75) is 77.9 Å².